The lowest BCUT2D eigenvalue weighted by atomic mass is 10.0. The average Bonchev–Trinajstić information content (AvgIpc) is 2.70. The smallest absolute Gasteiger partial charge is 0.135 e. The zero-order chi connectivity index (χ0) is 18.6. The Morgan fingerprint density at radius 2 is 0.963 bits per heavy atom. The Kier molecular flexibility index (Phi) is 4.82. The van der Waals surface area contributed by atoms with E-state index in [0.717, 1.165) is 33.8 Å². The summed E-state index contributed by atoms with van der Waals surface area (Å²) in [5, 5.41) is 0.689. The second-order valence-electron chi connectivity index (χ2n) is 6.16. The van der Waals surface area contributed by atoms with E-state index < -0.39 is 0 Å². The first-order valence-corrected chi connectivity index (χ1v) is 9.07. The maximum Gasteiger partial charge on any atom is 0.135 e. The Bertz CT molecular complexity index is 1000. The molecule has 3 heteroatoms. The van der Waals surface area contributed by atoms with E-state index in [-0.39, 0.29) is 0 Å². The normalized spacial score (nSPS) is 10.6. The molecule has 27 heavy (non-hydrogen) atoms. The zero-order valence-corrected chi connectivity index (χ0v) is 15.4. The van der Waals surface area contributed by atoms with Crippen LogP contribution in [0.25, 0.3) is 22.3 Å². The molecule has 0 fully saturated rings. The van der Waals surface area contributed by atoms with Gasteiger partial charge in [-0.05, 0) is 24.3 Å². The molecule has 132 valence electrons. The van der Waals surface area contributed by atoms with Gasteiger partial charge in [0.25, 0.3) is 0 Å². The molecule has 0 atom stereocenters. The van der Waals surface area contributed by atoms with Crippen molar-refractivity contribution >= 4 is 17.3 Å². The fourth-order valence-electron chi connectivity index (χ4n) is 3.10. The zero-order valence-electron chi connectivity index (χ0n) is 14.6. The number of anilines is 1. The van der Waals surface area contributed by atoms with E-state index in [1.807, 2.05) is 97.1 Å². The molecule has 0 radical (unpaired) electrons. The maximum absolute atomic E-state index is 6.41. The summed E-state index contributed by atoms with van der Waals surface area (Å²) < 4.78 is 6.35. The molecule has 0 aliphatic rings. The SMILES string of the molecule is Nc1ccccc1-c1ccccc1Oc1ccccc1-c1ccccc1Cl. The van der Waals surface area contributed by atoms with Crippen molar-refractivity contribution in [1.82, 2.24) is 0 Å². The molecule has 2 N–H and O–H groups in total. The molecule has 0 saturated carbocycles. The second-order valence-corrected chi connectivity index (χ2v) is 6.57. The van der Waals surface area contributed by atoms with Gasteiger partial charge in [-0.1, -0.05) is 84.4 Å². The number of nitrogen functional groups attached to an aromatic ring is 1. The molecule has 0 bridgehead atoms. The van der Waals surface area contributed by atoms with Crippen LogP contribution in [0.2, 0.25) is 5.02 Å². The number of benzene rings is 4. The van der Waals surface area contributed by atoms with Crippen molar-refractivity contribution in [3.05, 3.63) is 102 Å². The summed E-state index contributed by atoms with van der Waals surface area (Å²) in [5.41, 5.74) is 10.7. The monoisotopic (exact) mass is 371 g/mol. The van der Waals surface area contributed by atoms with Crippen LogP contribution >= 0.6 is 11.6 Å². The molecule has 0 amide bonds. The van der Waals surface area contributed by atoms with Crippen molar-refractivity contribution in [2.75, 3.05) is 5.73 Å². The molecular weight excluding hydrogens is 354 g/mol. The largest absolute Gasteiger partial charge is 0.456 e. The van der Waals surface area contributed by atoms with Crippen LogP contribution in [0.1, 0.15) is 0 Å². The van der Waals surface area contributed by atoms with Crippen LogP contribution in [-0.2, 0) is 0 Å². The number of hydrogen-bond acceptors (Lipinski definition) is 2. The molecule has 2 nitrogen and oxygen atoms in total. The van der Waals surface area contributed by atoms with E-state index in [9.17, 15) is 0 Å². The lowest BCUT2D eigenvalue weighted by Gasteiger charge is -2.16. The van der Waals surface area contributed by atoms with Gasteiger partial charge in [0.15, 0.2) is 0 Å². The predicted octanol–water partition coefficient (Wildman–Crippen LogP) is 7.05. The Morgan fingerprint density at radius 3 is 1.56 bits per heavy atom. The van der Waals surface area contributed by atoms with Gasteiger partial charge in [0.05, 0.1) is 0 Å². The first-order chi connectivity index (χ1) is 13.2. The third kappa shape index (κ3) is 3.53. The minimum atomic E-state index is 0.689. The Labute approximate surface area is 163 Å². The van der Waals surface area contributed by atoms with E-state index in [0.29, 0.717) is 10.7 Å². The number of ether oxygens (including phenoxy) is 1. The van der Waals surface area contributed by atoms with Crippen molar-refractivity contribution < 1.29 is 4.74 Å². The van der Waals surface area contributed by atoms with Gasteiger partial charge >= 0.3 is 0 Å². The summed E-state index contributed by atoms with van der Waals surface area (Å²) in [6, 6.07) is 31.3. The Hall–Kier alpha value is -3.23. The van der Waals surface area contributed by atoms with Crippen LogP contribution in [0.4, 0.5) is 5.69 Å². The van der Waals surface area contributed by atoms with Crippen molar-refractivity contribution in [3.8, 4) is 33.8 Å². The maximum atomic E-state index is 6.41. The molecular formula is C24H18ClNO. The van der Waals surface area contributed by atoms with Crippen molar-refractivity contribution in [2.24, 2.45) is 0 Å². The molecule has 4 aromatic carbocycles. The minimum absolute atomic E-state index is 0.689. The van der Waals surface area contributed by atoms with Gasteiger partial charge in [-0.2, -0.15) is 0 Å². The summed E-state index contributed by atoms with van der Waals surface area (Å²) in [6.45, 7) is 0. The summed E-state index contributed by atoms with van der Waals surface area (Å²) in [4.78, 5) is 0. The summed E-state index contributed by atoms with van der Waals surface area (Å²) in [6.07, 6.45) is 0. The van der Waals surface area contributed by atoms with Crippen LogP contribution < -0.4 is 10.5 Å². The molecule has 0 saturated heterocycles. The molecule has 0 aromatic heterocycles. The van der Waals surface area contributed by atoms with Crippen LogP contribution in [0.3, 0.4) is 0 Å². The average molecular weight is 372 g/mol. The molecule has 0 aliphatic carbocycles. The Balaban J connectivity index is 1.80. The lowest BCUT2D eigenvalue weighted by Crippen LogP contribution is -1.94. The fraction of sp³-hybridized carbons (Fsp3) is 0. The number of nitrogens with two attached hydrogens (primary N) is 1. The van der Waals surface area contributed by atoms with Crippen LogP contribution in [-0.4, -0.2) is 0 Å². The first-order valence-electron chi connectivity index (χ1n) is 8.70. The van der Waals surface area contributed by atoms with E-state index in [1.54, 1.807) is 0 Å². The third-order valence-electron chi connectivity index (χ3n) is 4.41. The summed E-state index contributed by atoms with van der Waals surface area (Å²) in [5.74, 6) is 1.49. The fourth-order valence-corrected chi connectivity index (χ4v) is 3.33. The number of para-hydroxylation sites is 3. The van der Waals surface area contributed by atoms with Crippen LogP contribution in [0.15, 0.2) is 97.1 Å². The van der Waals surface area contributed by atoms with Crippen LogP contribution in [0, 0.1) is 0 Å². The summed E-state index contributed by atoms with van der Waals surface area (Å²) in [7, 11) is 0. The van der Waals surface area contributed by atoms with Gasteiger partial charge in [0, 0.05) is 33.0 Å². The molecule has 0 unspecified atom stereocenters. The molecule has 0 spiro atoms. The quantitative estimate of drug-likeness (QED) is 0.390. The van der Waals surface area contributed by atoms with Gasteiger partial charge in [0.2, 0.25) is 0 Å². The van der Waals surface area contributed by atoms with E-state index in [2.05, 4.69) is 0 Å². The predicted molar refractivity (Wildman–Crippen MR) is 113 cm³/mol. The highest BCUT2D eigenvalue weighted by atomic mass is 35.5. The molecule has 0 aliphatic heterocycles. The third-order valence-corrected chi connectivity index (χ3v) is 4.74. The molecule has 4 aromatic rings. The highest BCUT2D eigenvalue weighted by Gasteiger charge is 2.13. The number of halogens is 1. The summed E-state index contributed by atoms with van der Waals surface area (Å²) >= 11 is 6.41. The van der Waals surface area contributed by atoms with Gasteiger partial charge in [0.1, 0.15) is 11.5 Å². The van der Waals surface area contributed by atoms with E-state index in [4.69, 9.17) is 22.1 Å². The van der Waals surface area contributed by atoms with E-state index >= 15 is 0 Å². The molecule has 4 rings (SSSR count). The van der Waals surface area contributed by atoms with Crippen molar-refractivity contribution in [1.29, 1.82) is 0 Å². The number of hydrogen-bond donors (Lipinski definition) is 1. The number of rotatable bonds is 4. The first kappa shape index (κ1) is 17.2. The van der Waals surface area contributed by atoms with E-state index in [1.165, 1.54) is 0 Å². The standard InChI is InChI=1S/C24H18ClNO/c25-21-13-5-1-9-17(21)19-11-3-7-15-23(19)27-24-16-8-4-12-20(24)18-10-2-6-14-22(18)26/h1-16H,26H2. The van der Waals surface area contributed by atoms with Gasteiger partial charge in [-0.15, -0.1) is 0 Å². The Morgan fingerprint density at radius 1 is 0.519 bits per heavy atom. The van der Waals surface area contributed by atoms with Crippen molar-refractivity contribution in [3.63, 3.8) is 0 Å². The highest BCUT2D eigenvalue weighted by molar-refractivity contribution is 6.33. The van der Waals surface area contributed by atoms with Gasteiger partial charge in [-0.3, -0.25) is 0 Å². The van der Waals surface area contributed by atoms with Gasteiger partial charge < -0.3 is 10.5 Å². The lowest BCUT2D eigenvalue weighted by molar-refractivity contribution is 0.486. The minimum Gasteiger partial charge on any atom is -0.456 e. The second kappa shape index (κ2) is 7.56. The van der Waals surface area contributed by atoms with Crippen molar-refractivity contribution in [2.45, 2.75) is 0 Å². The molecule has 0 heterocycles. The highest BCUT2D eigenvalue weighted by Crippen LogP contribution is 2.40. The van der Waals surface area contributed by atoms with Gasteiger partial charge in [-0.25, -0.2) is 0 Å². The topological polar surface area (TPSA) is 35.2 Å². The van der Waals surface area contributed by atoms with Crippen LogP contribution in [0.5, 0.6) is 11.5 Å².